The van der Waals surface area contributed by atoms with Crippen molar-refractivity contribution in [1.29, 1.82) is 0 Å². The second-order valence-corrected chi connectivity index (χ2v) is 6.58. The molecule has 1 aromatic heterocycles. The molecule has 0 saturated heterocycles. The number of nitrogens with zero attached hydrogens (tertiary/aromatic N) is 1. The molecule has 19 heavy (non-hydrogen) atoms. The molecule has 1 atom stereocenters. The van der Waals surface area contributed by atoms with Crippen LogP contribution in [0.5, 0.6) is 0 Å². The first-order chi connectivity index (χ1) is 8.97. The predicted octanol–water partition coefficient (Wildman–Crippen LogP) is 4.16. The Morgan fingerprint density at radius 3 is 2.16 bits per heavy atom. The Kier molecular flexibility index (Phi) is 4.38. The Balaban J connectivity index is 2.09. The molecule has 0 aliphatic carbocycles. The van der Waals surface area contributed by atoms with Gasteiger partial charge in [-0.1, -0.05) is 38.1 Å². The lowest BCUT2D eigenvalue weighted by Gasteiger charge is -2.11. The van der Waals surface area contributed by atoms with Crippen molar-refractivity contribution in [1.82, 2.24) is 4.98 Å². The van der Waals surface area contributed by atoms with Gasteiger partial charge in [0.05, 0.1) is 16.8 Å². The van der Waals surface area contributed by atoms with Gasteiger partial charge in [0.25, 0.3) is 0 Å². The van der Waals surface area contributed by atoms with Gasteiger partial charge in [-0.25, -0.2) is 4.98 Å². The Bertz CT molecular complexity index is 523. The van der Waals surface area contributed by atoms with E-state index in [2.05, 4.69) is 37.9 Å². The zero-order valence-electron chi connectivity index (χ0n) is 12.0. The summed E-state index contributed by atoms with van der Waals surface area (Å²) in [6.07, 6.45) is 0.131. The van der Waals surface area contributed by atoms with Crippen molar-refractivity contribution in [2.75, 3.05) is 0 Å². The van der Waals surface area contributed by atoms with Gasteiger partial charge in [0.1, 0.15) is 0 Å². The molecular weight excluding hydrogens is 254 g/mol. The van der Waals surface area contributed by atoms with E-state index in [-0.39, 0.29) is 0 Å². The van der Waals surface area contributed by atoms with Gasteiger partial charge in [0.15, 0.2) is 0 Å². The monoisotopic (exact) mass is 275 g/mol. The molecule has 3 heteroatoms. The minimum atomic E-state index is -0.467. The van der Waals surface area contributed by atoms with E-state index in [1.165, 1.54) is 10.4 Å². The lowest BCUT2D eigenvalue weighted by Crippen LogP contribution is -2.02. The van der Waals surface area contributed by atoms with Gasteiger partial charge in [-0.15, -0.1) is 11.3 Å². The van der Waals surface area contributed by atoms with E-state index in [1.54, 1.807) is 11.3 Å². The summed E-state index contributed by atoms with van der Waals surface area (Å²) in [5.74, 6) is 0.524. The molecule has 0 fully saturated rings. The van der Waals surface area contributed by atoms with E-state index in [4.69, 9.17) is 0 Å². The minimum absolute atomic E-state index is 0.467. The van der Waals surface area contributed by atoms with Gasteiger partial charge >= 0.3 is 0 Å². The summed E-state index contributed by atoms with van der Waals surface area (Å²) < 4.78 is 0. The van der Waals surface area contributed by atoms with Gasteiger partial charge in [-0.3, -0.25) is 0 Å². The summed E-state index contributed by atoms with van der Waals surface area (Å²) in [6, 6.07) is 8.24. The molecule has 2 aromatic rings. The Morgan fingerprint density at radius 1 is 1.11 bits per heavy atom. The van der Waals surface area contributed by atoms with Crippen molar-refractivity contribution < 1.29 is 5.11 Å². The number of aryl methyl sites for hydroxylation is 2. The summed E-state index contributed by atoms with van der Waals surface area (Å²) in [6.45, 7) is 8.43. The average Bonchev–Trinajstić information content (AvgIpc) is 2.68. The Morgan fingerprint density at radius 2 is 1.68 bits per heavy atom. The molecule has 0 saturated carbocycles. The molecular formula is C16H21NOS. The van der Waals surface area contributed by atoms with Gasteiger partial charge < -0.3 is 5.11 Å². The average molecular weight is 275 g/mol. The van der Waals surface area contributed by atoms with Gasteiger partial charge in [-0.2, -0.15) is 0 Å². The van der Waals surface area contributed by atoms with Crippen molar-refractivity contribution in [3.05, 3.63) is 51.0 Å². The second kappa shape index (κ2) is 5.85. The summed E-state index contributed by atoms with van der Waals surface area (Å²) in [4.78, 5) is 5.71. The van der Waals surface area contributed by atoms with Crippen LogP contribution in [-0.2, 0) is 6.42 Å². The first kappa shape index (κ1) is 14.2. The van der Waals surface area contributed by atoms with E-state index in [0.29, 0.717) is 12.3 Å². The summed E-state index contributed by atoms with van der Waals surface area (Å²) >= 11 is 1.67. The molecule has 0 radical (unpaired) electrons. The predicted molar refractivity (Wildman–Crippen MR) is 80.8 cm³/mol. The Hall–Kier alpha value is -1.19. The van der Waals surface area contributed by atoms with Crippen LogP contribution in [0.2, 0.25) is 0 Å². The molecule has 2 nitrogen and oxygen atoms in total. The molecule has 0 aliphatic rings. The number of thiazole rings is 1. The molecule has 2 rings (SSSR count). The fourth-order valence-electron chi connectivity index (χ4n) is 2.01. The van der Waals surface area contributed by atoms with Crippen molar-refractivity contribution in [2.24, 2.45) is 0 Å². The van der Waals surface area contributed by atoms with Crippen LogP contribution in [0.15, 0.2) is 24.3 Å². The number of aromatic nitrogens is 1. The first-order valence-electron chi connectivity index (χ1n) is 6.68. The number of rotatable bonds is 4. The van der Waals surface area contributed by atoms with Crippen molar-refractivity contribution in [2.45, 2.75) is 46.1 Å². The van der Waals surface area contributed by atoms with Crippen molar-refractivity contribution in [3.63, 3.8) is 0 Å². The first-order valence-corrected chi connectivity index (χ1v) is 7.50. The number of aliphatic hydroxyl groups excluding tert-OH is 1. The zero-order chi connectivity index (χ0) is 14.0. The maximum Gasteiger partial charge on any atom is 0.0960 e. The number of benzene rings is 1. The van der Waals surface area contributed by atoms with Crippen LogP contribution in [0.25, 0.3) is 0 Å². The third kappa shape index (κ3) is 3.43. The zero-order valence-corrected chi connectivity index (χ0v) is 12.8. The highest BCUT2D eigenvalue weighted by atomic mass is 32.1. The van der Waals surface area contributed by atoms with E-state index < -0.39 is 6.10 Å². The largest absolute Gasteiger partial charge is 0.388 e. The third-order valence-electron chi connectivity index (χ3n) is 3.43. The highest BCUT2D eigenvalue weighted by Gasteiger charge is 2.12. The molecule has 0 spiro atoms. The third-order valence-corrected chi connectivity index (χ3v) is 4.52. The maximum absolute atomic E-state index is 10.3. The van der Waals surface area contributed by atoms with Crippen LogP contribution in [-0.4, -0.2) is 10.1 Å². The van der Waals surface area contributed by atoms with E-state index in [0.717, 1.165) is 16.3 Å². The quantitative estimate of drug-likeness (QED) is 0.909. The van der Waals surface area contributed by atoms with Crippen LogP contribution in [0.4, 0.5) is 0 Å². The highest BCUT2D eigenvalue weighted by Crippen LogP contribution is 2.24. The van der Waals surface area contributed by atoms with Crippen LogP contribution in [0, 0.1) is 13.8 Å². The molecule has 1 N–H and O–H groups in total. The molecule has 1 aromatic carbocycles. The molecule has 1 unspecified atom stereocenters. The molecule has 0 bridgehead atoms. The second-order valence-electron chi connectivity index (χ2n) is 5.29. The maximum atomic E-state index is 10.3. The van der Waals surface area contributed by atoms with E-state index in [1.807, 2.05) is 19.1 Å². The van der Waals surface area contributed by atoms with Gasteiger partial charge in [0.2, 0.25) is 0 Å². The van der Waals surface area contributed by atoms with Crippen LogP contribution in [0.3, 0.4) is 0 Å². The number of aliphatic hydroxyl groups is 1. The topological polar surface area (TPSA) is 33.1 Å². The molecule has 0 aliphatic heterocycles. The van der Waals surface area contributed by atoms with Crippen LogP contribution < -0.4 is 0 Å². The van der Waals surface area contributed by atoms with Gasteiger partial charge in [-0.05, 0) is 30.9 Å². The molecule has 1 heterocycles. The highest BCUT2D eigenvalue weighted by molar-refractivity contribution is 7.11. The fourth-order valence-corrected chi connectivity index (χ4v) is 2.98. The van der Waals surface area contributed by atoms with Crippen molar-refractivity contribution in [3.8, 4) is 0 Å². The number of hydrogen-bond acceptors (Lipinski definition) is 3. The van der Waals surface area contributed by atoms with E-state index >= 15 is 0 Å². The smallest absolute Gasteiger partial charge is 0.0960 e. The lowest BCUT2D eigenvalue weighted by molar-refractivity contribution is 0.178. The fraction of sp³-hybridized carbons (Fsp3) is 0.438. The van der Waals surface area contributed by atoms with Crippen LogP contribution in [0.1, 0.15) is 52.6 Å². The molecule has 102 valence electrons. The van der Waals surface area contributed by atoms with Crippen molar-refractivity contribution >= 4 is 11.3 Å². The van der Waals surface area contributed by atoms with Gasteiger partial charge in [0, 0.05) is 11.3 Å². The lowest BCUT2D eigenvalue weighted by atomic mass is 9.99. The SMILES string of the molecule is Cc1nc(CC(O)c2ccc(C(C)C)cc2)sc1C. The minimum Gasteiger partial charge on any atom is -0.388 e. The normalized spacial score (nSPS) is 12.9. The molecule has 0 amide bonds. The Labute approximate surface area is 119 Å². The van der Waals surface area contributed by atoms with Crippen LogP contribution >= 0.6 is 11.3 Å². The number of hydrogen-bond donors (Lipinski definition) is 1. The summed E-state index contributed by atoms with van der Waals surface area (Å²) in [5.41, 5.74) is 3.34. The standard InChI is InChI=1S/C16H21NOS/c1-10(2)13-5-7-14(8-6-13)15(18)9-16-17-11(3)12(4)19-16/h5-8,10,15,18H,9H2,1-4H3. The van der Waals surface area contributed by atoms with E-state index in [9.17, 15) is 5.11 Å². The summed E-state index contributed by atoms with van der Waals surface area (Å²) in [7, 11) is 0. The summed E-state index contributed by atoms with van der Waals surface area (Å²) in [5, 5.41) is 11.3.